The lowest BCUT2D eigenvalue weighted by Crippen LogP contribution is -2.30. The van der Waals surface area contributed by atoms with Crippen molar-refractivity contribution in [3.63, 3.8) is 0 Å². The van der Waals surface area contributed by atoms with Crippen molar-refractivity contribution in [2.24, 2.45) is 0 Å². The highest BCUT2D eigenvalue weighted by Gasteiger charge is 2.13. The largest absolute Gasteiger partial charge is 0.491 e. The lowest BCUT2D eigenvalue weighted by Gasteiger charge is -2.12. The van der Waals surface area contributed by atoms with Crippen LogP contribution in [0.2, 0.25) is 0 Å². The number of benzene rings is 2. The Labute approximate surface area is 147 Å². The van der Waals surface area contributed by atoms with Gasteiger partial charge in [-0.3, -0.25) is 0 Å². The summed E-state index contributed by atoms with van der Waals surface area (Å²) in [4.78, 5) is 12.1. The lowest BCUT2D eigenvalue weighted by molar-refractivity contribution is 0.174. The number of fused-ring (bicyclic) bond motifs is 1. The minimum Gasteiger partial charge on any atom is -0.491 e. The molecule has 0 atom stereocenters. The molecule has 0 bridgehead atoms. The van der Waals surface area contributed by atoms with Crippen molar-refractivity contribution in [1.82, 2.24) is 5.32 Å². The van der Waals surface area contributed by atoms with Gasteiger partial charge in [0.2, 0.25) is 6.79 Å². The van der Waals surface area contributed by atoms with Gasteiger partial charge in [-0.15, -0.1) is 0 Å². The Morgan fingerprint density at radius 3 is 2.88 bits per heavy atom. The fraction of sp³-hybridized carbons (Fsp3) is 0.316. The fourth-order valence-corrected chi connectivity index (χ4v) is 2.49. The smallest absolute Gasteiger partial charge is 0.319 e. The van der Waals surface area contributed by atoms with Gasteiger partial charge in [-0.2, -0.15) is 0 Å². The van der Waals surface area contributed by atoms with Crippen molar-refractivity contribution in [1.29, 1.82) is 0 Å². The highest BCUT2D eigenvalue weighted by atomic mass is 16.7. The summed E-state index contributed by atoms with van der Waals surface area (Å²) in [6, 6.07) is 13.0. The molecule has 3 rings (SSSR count). The molecule has 6 nitrogen and oxygen atoms in total. The summed E-state index contributed by atoms with van der Waals surface area (Å²) in [5, 5.41) is 5.68. The standard InChI is InChI=1S/C19H22N2O4/c1-2-11-23-16-6-4-3-5-15(16)21-19(22)20-10-9-14-7-8-17-18(12-14)25-13-24-17/h3-8,12H,2,9-11,13H2,1H3,(H2,20,21,22). The molecule has 1 aliphatic rings. The Morgan fingerprint density at radius 1 is 1.16 bits per heavy atom. The van der Waals surface area contributed by atoms with Crippen LogP contribution in [-0.2, 0) is 6.42 Å². The maximum atomic E-state index is 12.1. The number of amides is 2. The second-order valence-electron chi connectivity index (χ2n) is 5.66. The number of anilines is 1. The van der Waals surface area contributed by atoms with Crippen molar-refractivity contribution in [2.75, 3.05) is 25.3 Å². The molecular weight excluding hydrogens is 320 g/mol. The van der Waals surface area contributed by atoms with Crippen LogP contribution in [0.5, 0.6) is 17.2 Å². The van der Waals surface area contributed by atoms with Gasteiger partial charge in [0.1, 0.15) is 5.75 Å². The molecule has 0 fully saturated rings. The molecule has 0 spiro atoms. The van der Waals surface area contributed by atoms with E-state index < -0.39 is 0 Å². The second-order valence-corrected chi connectivity index (χ2v) is 5.66. The zero-order valence-corrected chi connectivity index (χ0v) is 14.2. The van der Waals surface area contributed by atoms with Crippen molar-refractivity contribution in [3.05, 3.63) is 48.0 Å². The third kappa shape index (κ3) is 4.56. The molecule has 2 N–H and O–H groups in total. The minimum absolute atomic E-state index is 0.256. The van der Waals surface area contributed by atoms with Gasteiger partial charge < -0.3 is 24.8 Å². The van der Waals surface area contributed by atoms with Crippen LogP contribution in [0.25, 0.3) is 0 Å². The van der Waals surface area contributed by atoms with Crippen LogP contribution >= 0.6 is 0 Å². The van der Waals surface area contributed by atoms with Gasteiger partial charge in [0, 0.05) is 6.54 Å². The first-order valence-corrected chi connectivity index (χ1v) is 8.41. The molecule has 0 saturated carbocycles. The van der Waals surface area contributed by atoms with E-state index in [4.69, 9.17) is 14.2 Å². The SMILES string of the molecule is CCCOc1ccccc1NC(=O)NCCc1ccc2c(c1)OCO2. The maximum Gasteiger partial charge on any atom is 0.319 e. The predicted molar refractivity (Wildman–Crippen MR) is 95.5 cm³/mol. The van der Waals surface area contributed by atoms with Gasteiger partial charge in [-0.05, 0) is 42.7 Å². The Balaban J connectivity index is 1.48. The molecule has 0 radical (unpaired) electrons. The molecule has 2 aromatic rings. The maximum absolute atomic E-state index is 12.1. The third-order valence-corrected chi connectivity index (χ3v) is 3.73. The van der Waals surface area contributed by atoms with E-state index in [0.29, 0.717) is 31.0 Å². The molecule has 2 amide bonds. The van der Waals surface area contributed by atoms with Crippen LogP contribution in [0.1, 0.15) is 18.9 Å². The van der Waals surface area contributed by atoms with Crippen LogP contribution < -0.4 is 24.8 Å². The van der Waals surface area contributed by atoms with Crippen LogP contribution in [-0.4, -0.2) is 26.0 Å². The number of urea groups is 1. The van der Waals surface area contributed by atoms with E-state index in [-0.39, 0.29) is 12.8 Å². The average Bonchev–Trinajstić information content (AvgIpc) is 3.09. The Morgan fingerprint density at radius 2 is 2.00 bits per heavy atom. The molecule has 0 aliphatic carbocycles. The molecule has 2 aromatic carbocycles. The van der Waals surface area contributed by atoms with E-state index in [9.17, 15) is 4.79 Å². The predicted octanol–water partition coefficient (Wildman–Crippen LogP) is 3.57. The van der Waals surface area contributed by atoms with E-state index in [1.807, 2.05) is 49.4 Å². The zero-order valence-electron chi connectivity index (χ0n) is 14.2. The van der Waals surface area contributed by atoms with Crippen molar-refractivity contribution in [2.45, 2.75) is 19.8 Å². The first-order valence-electron chi connectivity index (χ1n) is 8.41. The van der Waals surface area contributed by atoms with E-state index in [1.54, 1.807) is 0 Å². The monoisotopic (exact) mass is 342 g/mol. The van der Waals surface area contributed by atoms with Crippen molar-refractivity contribution in [3.8, 4) is 17.2 Å². The van der Waals surface area contributed by atoms with Gasteiger partial charge >= 0.3 is 6.03 Å². The third-order valence-electron chi connectivity index (χ3n) is 3.73. The summed E-state index contributed by atoms with van der Waals surface area (Å²) in [5.74, 6) is 2.19. The molecule has 132 valence electrons. The number of nitrogens with one attached hydrogen (secondary N) is 2. The van der Waals surface area contributed by atoms with Gasteiger partial charge in [0.15, 0.2) is 11.5 Å². The molecule has 1 heterocycles. The number of hydrogen-bond acceptors (Lipinski definition) is 4. The normalized spacial score (nSPS) is 11.9. The van der Waals surface area contributed by atoms with Gasteiger partial charge in [0.25, 0.3) is 0 Å². The van der Waals surface area contributed by atoms with Crippen molar-refractivity contribution < 1.29 is 19.0 Å². The van der Waals surface area contributed by atoms with E-state index >= 15 is 0 Å². The highest BCUT2D eigenvalue weighted by Crippen LogP contribution is 2.32. The van der Waals surface area contributed by atoms with Crippen LogP contribution in [0.15, 0.2) is 42.5 Å². The highest BCUT2D eigenvalue weighted by molar-refractivity contribution is 5.90. The zero-order chi connectivity index (χ0) is 17.5. The quantitative estimate of drug-likeness (QED) is 0.807. The first-order chi connectivity index (χ1) is 12.3. The van der Waals surface area contributed by atoms with Crippen LogP contribution in [0.4, 0.5) is 10.5 Å². The van der Waals surface area contributed by atoms with Crippen LogP contribution in [0, 0.1) is 0 Å². The fourth-order valence-electron chi connectivity index (χ4n) is 2.49. The summed E-state index contributed by atoms with van der Waals surface area (Å²) >= 11 is 0. The Hall–Kier alpha value is -2.89. The van der Waals surface area contributed by atoms with Gasteiger partial charge in [0.05, 0.1) is 12.3 Å². The summed E-state index contributed by atoms with van der Waals surface area (Å²) in [7, 11) is 0. The molecule has 25 heavy (non-hydrogen) atoms. The lowest BCUT2D eigenvalue weighted by atomic mass is 10.1. The Bertz CT molecular complexity index is 733. The molecule has 0 aromatic heterocycles. The second kappa shape index (κ2) is 8.28. The number of carbonyl (C=O) groups excluding carboxylic acids is 1. The molecule has 0 saturated heterocycles. The average molecular weight is 342 g/mol. The number of rotatable bonds is 7. The molecule has 0 unspecified atom stereocenters. The molecule has 6 heteroatoms. The number of carbonyl (C=O) groups is 1. The van der Waals surface area contributed by atoms with E-state index in [2.05, 4.69) is 10.6 Å². The number of para-hydroxylation sites is 2. The van der Waals surface area contributed by atoms with Gasteiger partial charge in [-0.25, -0.2) is 4.79 Å². The van der Waals surface area contributed by atoms with Crippen LogP contribution in [0.3, 0.4) is 0 Å². The first kappa shape index (κ1) is 17.0. The number of hydrogen-bond donors (Lipinski definition) is 2. The summed E-state index contributed by atoms with van der Waals surface area (Å²) < 4.78 is 16.3. The summed E-state index contributed by atoms with van der Waals surface area (Å²) in [6.07, 6.45) is 1.62. The van der Waals surface area contributed by atoms with E-state index in [0.717, 1.165) is 23.5 Å². The van der Waals surface area contributed by atoms with Gasteiger partial charge in [-0.1, -0.05) is 25.1 Å². The topological polar surface area (TPSA) is 68.8 Å². The Kier molecular flexibility index (Phi) is 5.61. The molecule has 1 aliphatic heterocycles. The minimum atomic E-state index is -0.256. The summed E-state index contributed by atoms with van der Waals surface area (Å²) in [5.41, 5.74) is 1.74. The van der Waals surface area contributed by atoms with E-state index in [1.165, 1.54) is 0 Å². The molecular formula is C19H22N2O4. The number of ether oxygens (including phenoxy) is 3. The summed E-state index contributed by atoms with van der Waals surface area (Å²) in [6.45, 7) is 3.44. The van der Waals surface area contributed by atoms with Crippen molar-refractivity contribution >= 4 is 11.7 Å².